The van der Waals surface area contributed by atoms with E-state index >= 15 is 0 Å². The fourth-order valence-electron chi connectivity index (χ4n) is 1.82. The summed E-state index contributed by atoms with van der Waals surface area (Å²) in [5.41, 5.74) is 0. The Kier molecular flexibility index (Phi) is 4.25. The standard InChI is InChI=1S/C12H17N3OS/c1-16-11-6-5-10(9-14-11)17-12(13)15-7-3-2-4-8-15/h5-6,9,13H,2-4,7-8H2,1H3. The van der Waals surface area contributed by atoms with Gasteiger partial charge in [-0.05, 0) is 25.3 Å². The molecule has 0 spiro atoms. The number of methoxy groups -OCH3 is 1. The Morgan fingerprint density at radius 3 is 2.71 bits per heavy atom. The topological polar surface area (TPSA) is 49.2 Å². The van der Waals surface area contributed by atoms with Gasteiger partial charge in [0.25, 0.3) is 0 Å². The highest BCUT2D eigenvalue weighted by Crippen LogP contribution is 2.23. The van der Waals surface area contributed by atoms with E-state index in [0.29, 0.717) is 11.0 Å². The number of rotatable bonds is 2. The number of amidine groups is 1. The van der Waals surface area contributed by atoms with Crippen LogP contribution >= 0.6 is 11.8 Å². The molecule has 5 heteroatoms. The second-order valence-corrected chi connectivity index (χ2v) is 5.05. The lowest BCUT2D eigenvalue weighted by atomic mass is 10.1. The summed E-state index contributed by atoms with van der Waals surface area (Å²) in [6.07, 6.45) is 5.44. The Hall–Kier alpha value is -1.23. The van der Waals surface area contributed by atoms with E-state index in [-0.39, 0.29) is 0 Å². The minimum absolute atomic E-state index is 0.610. The van der Waals surface area contributed by atoms with Gasteiger partial charge < -0.3 is 9.64 Å². The number of likely N-dealkylation sites (tertiary alicyclic amines) is 1. The molecule has 1 aromatic heterocycles. The maximum Gasteiger partial charge on any atom is 0.212 e. The number of nitrogens with zero attached hydrogens (tertiary/aromatic N) is 2. The second-order valence-electron chi connectivity index (χ2n) is 3.99. The second kappa shape index (κ2) is 5.91. The molecule has 0 atom stereocenters. The molecule has 1 fully saturated rings. The fourth-order valence-corrected chi connectivity index (χ4v) is 2.60. The van der Waals surface area contributed by atoms with Gasteiger partial charge in [0.15, 0.2) is 5.17 Å². The smallest absolute Gasteiger partial charge is 0.212 e. The lowest BCUT2D eigenvalue weighted by Gasteiger charge is -2.28. The van der Waals surface area contributed by atoms with Gasteiger partial charge in [-0.1, -0.05) is 11.8 Å². The van der Waals surface area contributed by atoms with Crippen molar-refractivity contribution in [3.8, 4) is 5.88 Å². The number of piperidine rings is 1. The molecule has 2 heterocycles. The average molecular weight is 251 g/mol. The van der Waals surface area contributed by atoms with Crippen LogP contribution in [0, 0.1) is 5.41 Å². The molecule has 0 aliphatic carbocycles. The van der Waals surface area contributed by atoms with Crippen LogP contribution in [0.25, 0.3) is 0 Å². The maximum absolute atomic E-state index is 8.05. The van der Waals surface area contributed by atoms with Gasteiger partial charge in [0.2, 0.25) is 5.88 Å². The van der Waals surface area contributed by atoms with Gasteiger partial charge in [-0.2, -0.15) is 0 Å². The first-order valence-corrected chi connectivity index (χ1v) is 6.62. The van der Waals surface area contributed by atoms with Crippen molar-refractivity contribution >= 4 is 16.9 Å². The minimum atomic E-state index is 0.610. The first-order valence-electron chi connectivity index (χ1n) is 5.81. The van der Waals surface area contributed by atoms with Crippen LogP contribution in [0.1, 0.15) is 19.3 Å². The Balaban J connectivity index is 1.92. The van der Waals surface area contributed by atoms with E-state index in [9.17, 15) is 0 Å². The molecule has 1 aromatic rings. The van der Waals surface area contributed by atoms with Gasteiger partial charge in [-0.15, -0.1) is 0 Å². The van der Waals surface area contributed by atoms with E-state index in [1.165, 1.54) is 31.0 Å². The van der Waals surface area contributed by atoms with Gasteiger partial charge in [-0.3, -0.25) is 5.41 Å². The van der Waals surface area contributed by atoms with Crippen LogP contribution in [0.3, 0.4) is 0 Å². The third-order valence-electron chi connectivity index (χ3n) is 2.78. The van der Waals surface area contributed by atoms with E-state index in [4.69, 9.17) is 10.1 Å². The molecule has 1 aliphatic heterocycles. The van der Waals surface area contributed by atoms with E-state index < -0.39 is 0 Å². The lowest BCUT2D eigenvalue weighted by Crippen LogP contribution is -2.33. The molecule has 92 valence electrons. The molecule has 0 amide bonds. The summed E-state index contributed by atoms with van der Waals surface area (Å²) in [4.78, 5) is 7.26. The van der Waals surface area contributed by atoms with Crippen LogP contribution in [-0.4, -0.2) is 35.3 Å². The van der Waals surface area contributed by atoms with Gasteiger partial charge in [0.05, 0.1) is 7.11 Å². The van der Waals surface area contributed by atoms with Crippen molar-refractivity contribution in [3.05, 3.63) is 18.3 Å². The van der Waals surface area contributed by atoms with Crippen molar-refractivity contribution in [1.82, 2.24) is 9.88 Å². The summed E-state index contributed by atoms with van der Waals surface area (Å²) in [5, 5.41) is 8.67. The van der Waals surface area contributed by atoms with Crippen molar-refractivity contribution in [1.29, 1.82) is 5.41 Å². The number of aromatic nitrogens is 1. The zero-order chi connectivity index (χ0) is 12.1. The van der Waals surface area contributed by atoms with Gasteiger partial charge >= 0.3 is 0 Å². The number of ether oxygens (including phenoxy) is 1. The van der Waals surface area contributed by atoms with Crippen LogP contribution in [0.4, 0.5) is 0 Å². The summed E-state index contributed by atoms with van der Waals surface area (Å²) in [6.45, 7) is 2.02. The first-order chi connectivity index (χ1) is 8.29. The van der Waals surface area contributed by atoms with E-state index in [0.717, 1.165) is 18.0 Å². The van der Waals surface area contributed by atoms with Crippen molar-refractivity contribution in [2.75, 3.05) is 20.2 Å². The van der Waals surface area contributed by atoms with E-state index in [2.05, 4.69) is 9.88 Å². The molecule has 1 aliphatic rings. The summed E-state index contributed by atoms with van der Waals surface area (Å²) in [6, 6.07) is 3.76. The number of hydrogen-bond acceptors (Lipinski definition) is 4. The molecule has 0 unspecified atom stereocenters. The van der Waals surface area contributed by atoms with Crippen molar-refractivity contribution in [2.24, 2.45) is 0 Å². The number of nitrogens with one attached hydrogen (secondary N) is 1. The Morgan fingerprint density at radius 1 is 1.35 bits per heavy atom. The number of thioether (sulfide) groups is 1. The molecule has 0 bridgehead atoms. The summed E-state index contributed by atoms with van der Waals surface area (Å²) >= 11 is 1.46. The third kappa shape index (κ3) is 3.36. The monoisotopic (exact) mass is 251 g/mol. The SMILES string of the molecule is COc1ccc(SC(=N)N2CCCCC2)cn1. The zero-order valence-electron chi connectivity index (χ0n) is 9.98. The van der Waals surface area contributed by atoms with Crippen LogP contribution in [0.5, 0.6) is 5.88 Å². The third-order valence-corrected chi connectivity index (χ3v) is 3.70. The highest BCUT2D eigenvalue weighted by Gasteiger charge is 2.14. The zero-order valence-corrected chi connectivity index (χ0v) is 10.8. The van der Waals surface area contributed by atoms with Gasteiger partial charge in [0, 0.05) is 30.2 Å². The molecule has 0 aromatic carbocycles. The summed E-state index contributed by atoms with van der Waals surface area (Å²) < 4.78 is 5.01. The molecule has 4 nitrogen and oxygen atoms in total. The summed E-state index contributed by atoms with van der Waals surface area (Å²) in [7, 11) is 1.60. The number of pyridine rings is 1. The van der Waals surface area contributed by atoms with Crippen molar-refractivity contribution in [3.63, 3.8) is 0 Å². The Morgan fingerprint density at radius 2 is 2.12 bits per heavy atom. The first kappa shape index (κ1) is 12.2. The normalized spacial score (nSPS) is 15.7. The number of hydrogen-bond donors (Lipinski definition) is 1. The predicted octanol–water partition coefficient (Wildman–Crippen LogP) is 2.60. The van der Waals surface area contributed by atoms with E-state index in [1.54, 1.807) is 13.3 Å². The maximum atomic E-state index is 8.05. The molecule has 1 saturated heterocycles. The molecular formula is C12H17N3OS. The molecule has 2 rings (SSSR count). The van der Waals surface area contributed by atoms with Gasteiger partial charge in [0.1, 0.15) is 0 Å². The van der Waals surface area contributed by atoms with Crippen LogP contribution in [-0.2, 0) is 0 Å². The van der Waals surface area contributed by atoms with Crippen LogP contribution in [0.2, 0.25) is 0 Å². The highest BCUT2D eigenvalue weighted by atomic mass is 32.2. The molecule has 17 heavy (non-hydrogen) atoms. The van der Waals surface area contributed by atoms with Crippen molar-refractivity contribution < 1.29 is 4.74 Å². The van der Waals surface area contributed by atoms with E-state index in [1.807, 2.05) is 12.1 Å². The van der Waals surface area contributed by atoms with Crippen LogP contribution < -0.4 is 4.74 Å². The highest BCUT2D eigenvalue weighted by molar-refractivity contribution is 8.13. The molecule has 0 radical (unpaired) electrons. The fraction of sp³-hybridized carbons (Fsp3) is 0.500. The lowest BCUT2D eigenvalue weighted by molar-refractivity contribution is 0.346. The molecular weight excluding hydrogens is 234 g/mol. The molecule has 0 saturated carbocycles. The quantitative estimate of drug-likeness (QED) is 0.498. The minimum Gasteiger partial charge on any atom is -0.481 e. The molecule has 1 N–H and O–H groups in total. The summed E-state index contributed by atoms with van der Waals surface area (Å²) in [5.74, 6) is 0.610. The Bertz CT molecular complexity index is 374. The largest absolute Gasteiger partial charge is 0.481 e. The average Bonchev–Trinajstić information content (AvgIpc) is 2.40. The van der Waals surface area contributed by atoms with Crippen molar-refractivity contribution in [2.45, 2.75) is 24.2 Å². The van der Waals surface area contributed by atoms with Crippen LogP contribution in [0.15, 0.2) is 23.2 Å². The predicted molar refractivity (Wildman–Crippen MR) is 69.8 cm³/mol. The Labute approximate surface area is 106 Å². The van der Waals surface area contributed by atoms with Gasteiger partial charge in [-0.25, -0.2) is 4.98 Å².